The molecule has 0 spiro atoms. The van der Waals surface area contributed by atoms with Crippen molar-refractivity contribution in [1.82, 2.24) is 0 Å². The van der Waals surface area contributed by atoms with Crippen LogP contribution in [0.2, 0.25) is 0 Å². The monoisotopic (exact) mass is 346 g/mol. The normalized spacial score (nSPS) is 10.5. The highest BCUT2D eigenvalue weighted by molar-refractivity contribution is 5.68. The summed E-state index contributed by atoms with van der Waals surface area (Å²) >= 11 is 0. The third-order valence-corrected chi connectivity index (χ3v) is 4.29. The molecule has 0 saturated heterocycles. The van der Waals surface area contributed by atoms with Crippen LogP contribution in [0.5, 0.6) is 5.75 Å². The fourth-order valence-electron chi connectivity index (χ4n) is 2.91. The van der Waals surface area contributed by atoms with Crippen LogP contribution in [0, 0.1) is 6.92 Å². The summed E-state index contributed by atoms with van der Waals surface area (Å²) < 4.78 is 5.95. The zero-order chi connectivity index (χ0) is 18.4. The minimum atomic E-state index is -0.780. The Bertz CT molecular complexity index is 882. The molecule has 0 radical (unpaired) electrons. The van der Waals surface area contributed by atoms with Crippen LogP contribution in [0.1, 0.15) is 23.1 Å². The number of rotatable bonds is 7. The number of carboxylic acids is 1. The van der Waals surface area contributed by atoms with Gasteiger partial charge < -0.3 is 9.84 Å². The minimum Gasteiger partial charge on any atom is -0.489 e. The first kappa shape index (κ1) is 17.7. The Morgan fingerprint density at radius 2 is 1.73 bits per heavy atom. The van der Waals surface area contributed by atoms with Crippen molar-refractivity contribution in [3.8, 4) is 16.9 Å². The molecular weight excluding hydrogens is 324 g/mol. The summed E-state index contributed by atoms with van der Waals surface area (Å²) in [5.74, 6) is 0.00111. The fraction of sp³-hybridized carbons (Fsp3) is 0.174. The van der Waals surface area contributed by atoms with Crippen LogP contribution >= 0.6 is 0 Å². The number of carbonyl (C=O) groups is 1. The van der Waals surface area contributed by atoms with Crippen molar-refractivity contribution in [3.63, 3.8) is 0 Å². The molecule has 0 aliphatic heterocycles. The smallest absolute Gasteiger partial charge is 0.303 e. The molecule has 0 aromatic heterocycles. The van der Waals surface area contributed by atoms with Crippen molar-refractivity contribution in [2.75, 3.05) is 0 Å². The topological polar surface area (TPSA) is 46.5 Å². The van der Waals surface area contributed by atoms with Gasteiger partial charge in [0, 0.05) is 6.42 Å². The van der Waals surface area contributed by atoms with Gasteiger partial charge in [-0.15, -0.1) is 0 Å². The highest BCUT2D eigenvalue weighted by Gasteiger charge is 2.06. The average molecular weight is 346 g/mol. The van der Waals surface area contributed by atoms with Gasteiger partial charge in [-0.25, -0.2) is 0 Å². The molecular formula is C23H22O3. The first-order valence-corrected chi connectivity index (χ1v) is 8.70. The lowest BCUT2D eigenvalue weighted by Gasteiger charge is -2.12. The van der Waals surface area contributed by atoms with Gasteiger partial charge in [-0.2, -0.15) is 0 Å². The molecule has 3 rings (SSSR count). The molecule has 3 heteroatoms. The van der Waals surface area contributed by atoms with Crippen LogP contribution < -0.4 is 4.74 Å². The van der Waals surface area contributed by atoms with Crippen molar-refractivity contribution < 1.29 is 14.6 Å². The summed E-state index contributed by atoms with van der Waals surface area (Å²) in [4.78, 5) is 10.6. The van der Waals surface area contributed by atoms with Gasteiger partial charge in [0.1, 0.15) is 12.4 Å². The predicted octanol–water partition coefficient (Wildman–Crippen LogP) is 5.26. The van der Waals surface area contributed by atoms with E-state index >= 15 is 0 Å². The van der Waals surface area contributed by atoms with Crippen molar-refractivity contribution in [2.24, 2.45) is 0 Å². The van der Waals surface area contributed by atoms with E-state index < -0.39 is 5.97 Å². The zero-order valence-electron chi connectivity index (χ0n) is 14.8. The lowest BCUT2D eigenvalue weighted by Crippen LogP contribution is -1.99. The maximum Gasteiger partial charge on any atom is 0.303 e. The summed E-state index contributed by atoms with van der Waals surface area (Å²) in [5.41, 5.74) is 5.73. The Labute approximate surface area is 153 Å². The summed E-state index contributed by atoms with van der Waals surface area (Å²) in [7, 11) is 0. The number of aryl methyl sites for hydroxylation is 2. The van der Waals surface area contributed by atoms with Gasteiger partial charge in [0.2, 0.25) is 0 Å². The molecule has 0 aliphatic carbocycles. The second-order valence-electron chi connectivity index (χ2n) is 6.35. The van der Waals surface area contributed by atoms with Crippen LogP contribution in [0.4, 0.5) is 0 Å². The third-order valence-electron chi connectivity index (χ3n) is 4.29. The van der Waals surface area contributed by atoms with E-state index in [9.17, 15) is 4.79 Å². The number of carboxylic acid groups (broad SMARTS) is 1. The Hall–Kier alpha value is -3.07. The number of hydrogen-bond acceptors (Lipinski definition) is 2. The molecule has 0 bridgehead atoms. The molecule has 3 aromatic rings. The van der Waals surface area contributed by atoms with Crippen LogP contribution in [0.3, 0.4) is 0 Å². The molecule has 0 saturated carbocycles. The van der Waals surface area contributed by atoms with Crippen LogP contribution in [0.15, 0.2) is 72.8 Å². The average Bonchev–Trinajstić information content (AvgIpc) is 2.66. The molecule has 0 amide bonds. The Morgan fingerprint density at radius 1 is 0.962 bits per heavy atom. The van der Waals surface area contributed by atoms with Crippen molar-refractivity contribution in [2.45, 2.75) is 26.4 Å². The summed E-state index contributed by atoms with van der Waals surface area (Å²) in [5, 5.41) is 8.75. The van der Waals surface area contributed by atoms with Crippen LogP contribution in [-0.2, 0) is 17.8 Å². The van der Waals surface area contributed by atoms with Gasteiger partial charge in [0.05, 0.1) is 0 Å². The van der Waals surface area contributed by atoms with E-state index in [-0.39, 0.29) is 6.42 Å². The highest BCUT2D eigenvalue weighted by atomic mass is 16.5. The van der Waals surface area contributed by atoms with E-state index in [1.54, 1.807) is 0 Å². The first-order chi connectivity index (χ1) is 12.6. The molecule has 0 atom stereocenters. The summed E-state index contributed by atoms with van der Waals surface area (Å²) in [6.45, 7) is 2.58. The maximum absolute atomic E-state index is 10.6. The van der Waals surface area contributed by atoms with E-state index in [2.05, 4.69) is 43.3 Å². The van der Waals surface area contributed by atoms with Crippen molar-refractivity contribution in [3.05, 3.63) is 89.5 Å². The van der Waals surface area contributed by atoms with Gasteiger partial charge in [-0.05, 0) is 47.7 Å². The lowest BCUT2D eigenvalue weighted by molar-refractivity contribution is -0.136. The highest BCUT2D eigenvalue weighted by Crippen LogP contribution is 2.26. The van der Waals surface area contributed by atoms with Crippen molar-refractivity contribution >= 4 is 5.97 Å². The van der Waals surface area contributed by atoms with Crippen molar-refractivity contribution in [1.29, 1.82) is 0 Å². The molecule has 0 aliphatic rings. The van der Waals surface area contributed by atoms with Gasteiger partial charge in [0.25, 0.3) is 0 Å². The van der Waals surface area contributed by atoms with E-state index in [1.807, 2.05) is 36.4 Å². The minimum absolute atomic E-state index is 0.143. The third kappa shape index (κ3) is 4.73. The first-order valence-electron chi connectivity index (χ1n) is 8.70. The second kappa shape index (κ2) is 8.34. The largest absolute Gasteiger partial charge is 0.489 e. The Balaban J connectivity index is 1.69. The number of aliphatic carboxylic acids is 1. The maximum atomic E-state index is 10.6. The van der Waals surface area contributed by atoms with Gasteiger partial charge in [-0.1, -0.05) is 66.2 Å². The number of hydrogen-bond donors (Lipinski definition) is 1. The standard InChI is InChI=1S/C23H22O3/c1-17-5-4-7-19(15-17)22-8-3-2-6-20(22)16-26-21-12-9-18(10-13-21)11-14-23(24)25/h2-10,12-13,15H,11,14,16H2,1H3,(H,24,25). The molecule has 0 fully saturated rings. The molecule has 1 N–H and O–H groups in total. The van der Waals surface area contributed by atoms with E-state index in [4.69, 9.17) is 9.84 Å². The Morgan fingerprint density at radius 3 is 2.46 bits per heavy atom. The van der Waals surface area contributed by atoms with Gasteiger partial charge >= 0.3 is 5.97 Å². The van der Waals surface area contributed by atoms with Gasteiger partial charge in [-0.3, -0.25) is 4.79 Å². The van der Waals surface area contributed by atoms with E-state index in [0.717, 1.165) is 16.9 Å². The summed E-state index contributed by atoms with van der Waals surface area (Å²) in [6, 6.07) is 24.3. The molecule has 3 aromatic carbocycles. The molecule has 0 heterocycles. The molecule has 0 unspecified atom stereocenters. The van der Waals surface area contributed by atoms with Crippen LogP contribution in [-0.4, -0.2) is 11.1 Å². The van der Waals surface area contributed by atoms with Crippen LogP contribution in [0.25, 0.3) is 11.1 Å². The Kier molecular flexibility index (Phi) is 5.69. The fourth-order valence-corrected chi connectivity index (χ4v) is 2.91. The second-order valence-corrected chi connectivity index (χ2v) is 6.35. The zero-order valence-corrected chi connectivity index (χ0v) is 14.8. The number of ether oxygens (including phenoxy) is 1. The molecule has 3 nitrogen and oxygen atoms in total. The van der Waals surface area contributed by atoms with Gasteiger partial charge in [0.15, 0.2) is 0 Å². The van der Waals surface area contributed by atoms with E-state index in [1.165, 1.54) is 16.7 Å². The lowest BCUT2D eigenvalue weighted by atomic mass is 9.99. The molecule has 26 heavy (non-hydrogen) atoms. The SMILES string of the molecule is Cc1cccc(-c2ccccc2COc2ccc(CCC(=O)O)cc2)c1. The quantitative estimate of drug-likeness (QED) is 0.635. The molecule has 132 valence electrons. The summed E-state index contributed by atoms with van der Waals surface area (Å²) in [6.07, 6.45) is 0.676. The number of benzene rings is 3. The van der Waals surface area contributed by atoms with E-state index in [0.29, 0.717) is 13.0 Å². The predicted molar refractivity (Wildman–Crippen MR) is 103 cm³/mol.